The molecule has 148 heavy (non-hydrogen) atoms. The molecular weight excluding hydrogens is 2120 g/mol. The number of carboxylic acid groups (broad SMARTS) is 1. The number of halogens is 6. The molecule has 15 rings (SSSR count). The number of rotatable bonds is 36. The lowest BCUT2D eigenvalue weighted by atomic mass is 10.0. The van der Waals surface area contributed by atoms with E-state index in [2.05, 4.69) is 24.2 Å². The molecule has 1 aromatic heterocycles. The van der Waals surface area contributed by atoms with Gasteiger partial charge in [-0.1, -0.05) is 53.5 Å². The molecule has 5 aromatic carbocycles. The van der Waals surface area contributed by atoms with Crippen LogP contribution in [-0.2, 0) is 98.9 Å². The maximum atomic E-state index is 13.9. The van der Waals surface area contributed by atoms with Gasteiger partial charge in [0, 0.05) is 121 Å². The van der Waals surface area contributed by atoms with E-state index in [0.29, 0.717) is 113 Å². The lowest BCUT2D eigenvalue weighted by Gasteiger charge is -2.30. The Labute approximate surface area is 875 Å². The third-order valence-corrected chi connectivity index (χ3v) is 28.3. The van der Waals surface area contributed by atoms with Crippen LogP contribution >= 0.6 is 47.2 Å². The number of imide groups is 4. The van der Waals surface area contributed by atoms with Crippen LogP contribution in [0.15, 0.2) is 103 Å². The molecular formula is C94H118Cl4F2N13O31S4+. The third kappa shape index (κ3) is 32.4. The van der Waals surface area contributed by atoms with E-state index in [1.807, 2.05) is 4.90 Å². The zero-order valence-corrected chi connectivity index (χ0v) is 89.1. The first-order valence-electron chi connectivity index (χ1n) is 46.4. The Morgan fingerprint density at radius 3 is 1.15 bits per heavy atom. The molecule has 0 unspecified atom stereocenters. The quantitative estimate of drug-likeness (QED) is 0.00970. The van der Waals surface area contributed by atoms with Gasteiger partial charge in [-0.05, 0) is 127 Å². The molecule has 9 heterocycles. The summed E-state index contributed by atoms with van der Waals surface area (Å²) in [5.41, 5.74) is -1.15. The normalized spacial score (nSPS) is 16.9. The van der Waals surface area contributed by atoms with Crippen molar-refractivity contribution in [1.29, 1.82) is 0 Å². The van der Waals surface area contributed by atoms with Crippen LogP contribution in [0.2, 0.25) is 10.0 Å². The first-order valence-corrected chi connectivity index (χ1v) is 55.1. The number of ether oxygens (including phenoxy) is 9. The molecule has 0 bridgehead atoms. The van der Waals surface area contributed by atoms with Crippen molar-refractivity contribution in [3.8, 4) is 11.5 Å². The number of anilines is 4. The number of aliphatic carboxylic acids is 1. The minimum atomic E-state index is -3.92. The van der Waals surface area contributed by atoms with Crippen LogP contribution in [0.3, 0.4) is 0 Å². The van der Waals surface area contributed by atoms with Gasteiger partial charge in [-0.15, -0.1) is 24.0 Å². The van der Waals surface area contributed by atoms with Crippen molar-refractivity contribution in [1.82, 2.24) is 39.2 Å². The lowest BCUT2D eigenvalue weighted by Crippen LogP contribution is -2.43. The van der Waals surface area contributed by atoms with Crippen LogP contribution in [0.1, 0.15) is 154 Å². The molecule has 1 atom stereocenters. The largest absolute Gasteiger partial charge is 0.489 e. The Balaban J connectivity index is 0.000000205. The zero-order valence-electron chi connectivity index (χ0n) is 82.7. The molecule has 0 spiro atoms. The SMILES string of the molecule is CC(C)(C)OC(=O)CN1C(=O)c2cccc(N(CCN3CCOCC3)S(C)(=O)=O)c2C1=O.CC(C)(C)OC(=O)CN1C(=O)c2cccc(NS(C)(=O)=O)c2C1=O.CS(=O)(=O)N(CCN1CCOCC1)c1cccc2c1C(=O)N(CC(=O)O)C2=O.CS(=O)(=O)N(CCN1CCOCC1)c1cccc2c1C(=O)N(CC(=O)O[C@@H](Cc1c(Cl)c[n+](O)cc1Cl)c1ccc(OC(F)F)c(OCC3CC3)c1)C2=O.Cl.ClCCN1CCOCC1. The highest BCUT2D eigenvalue weighted by atomic mass is 35.5. The van der Waals surface area contributed by atoms with E-state index < -0.39 is 161 Å². The smallest absolute Gasteiger partial charge is 0.387 e. The van der Waals surface area contributed by atoms with E-state index in [4.69, 9.17) is 77.8 Å². The molecule has 1 saturated carbocycles. The summed E-state index contributed by atoms with van der Waals surface area (Å²) in [6.07, 6.45) is 6.74. The molecule has 5 fully saturated rings. The summed E-state index contributed by atoms with van der Waals surface area (Å²) < 4.78 is 179. The number of carboxylic acids is 1. The van der Waals surface area contributed by atoms with Crippen molar-refractivity contribution in [2.24, 2.45) is 5.92 Å². The van der Waals surface area contributed by atoms with Gasteiger partial charge in [-0.25, -0.2) is 33.7 Å². The fourth-order valence-corrected chi connectivity index (χ4v) is 20.6. The summed E-state index contributed by atoms with van der Waals surface area (Å²) in [5.74, 6) is -9.18. The van der Waals surface area contributed by atoms with Crippen LogP contribution in [0.5, 0.6) is 11.5 Å². The summed E-state index contributed by atoms with van der Waals surface area (Å²) in [4.78, 5) is 163. The number of morpholine rings is 4. The third-order valence-electron chi connectivity index (χ3n) is 23.4. The number of amides is 8. The Kier molecular flexibility index (Phi) is 41.3. The fourth-order valence-electron chi connectivity index (χ4n) is 16.4. The second-order valence-corrected chi connectivity index (χ2v) is 45.6. The maximum absolute atomic E-state index is 13.9. The van der Waals surface area contributed by atoms with Crippen molar-refractivity contribution >= 4 is 181 Å². The molecule has 0 radical (unpaired) electrons. The number of alkyl halides is 3. The average Bonchev–Trinajstić information content (AvgIpc) is 1.59. The number of esters is 3. The second kappa shape index (κ2) is 51.5. The number of carbonyl (C=O) groups excluding carboxylic acids is 11. The fraction of sp³-hybridized carbons (Fsp3) is 0.500. The van der Waals surface area contributed by atoms with Gasteiger partial charge in [0.25, 0.3) is 47.3 Å². The Hall–Kier alpha value is -11.2. The van der Waals surface area contributed by atoms with Crippen molar-refractivity contribution < 1.29 is 158 Å². The van der Waals surface area contributed by atoms with E-state index in [-0.39, 0.29) is 151 Å². The second-order valence-electron chi connectivity index (χ2n) is 36.9. The molecule has 8 aliphatic heterocycles. The molecule has 54 heteroatoms. The predicted octanol–water partition coefficient (Wildman–Crippen LogP) is 6.29. The highest BCUT2D eigenvalue weighted by Gasteiger charge is 2.47. The minimum Gasteiger partial charge on any atom is -0.489 e. The number of nitrogens with one attached hydrogen (secondary N) is 1. The topological polar surface area (TPSA) is 516 Å². The van der Waals surface area contributed by atoms with Crippen molar-refractivity contribution in [3.63, 3.8) is 0 Å². The standard InChI is InChI=1S/C35H37Cl2F2N4O10S.C21H29N3O7S.C17H21N3O7S.C15H18N2O6S.C6H12ClNO.ClH/c1-54(48,49)43(10-9-40-11-13-50-14-12-40)27-4-2-3-23-32(27)34(46)42(33(23)45)19-31(44)52-29(16-24-25(36)17-41(47)18-26(24)37)22-7-8-28(53-35(38)39)30(15-22)51-20-21-5-6-21;1-21(2,3)31-17(25)14-23-19(26)15-6-5-7-16(18(15)20(23)27)24(32(4,28)29)9-8-22-10-12-30-13-11-22;1-28(25,26)20(6-5-18-7-9-27-10-8-18)13-4-2-3-12-15(13)17(24)19(16(12)23)11-14(21)22;1-15(2,3)23-11(18)8-17-13(19)9-6-5-7-10(12(9)14(17)20)16-24(4,21)22;7-1-2-8-3-5-9-6-4-8;/h2-4,7-8,15,17-18,21,29,35,47H,5-6,9-14,16,19-20H2,1H3;5-7H,8-14H2,1-4H3;2-4H,5-11H2,1H3,(H,21,22);5-7,16H,8H2,1-4H3;1-6H2;1H/q+1;;;;;/t29-;;;;;/m0...../s1. The zero-order chi connectivity index (χ0) is 108. The summed E-state index contributed by atoms with van der Waals surface area (Å²) >= 11 is 18.3. The molecule has 1 aliphatic carbocycles. The Morgan fingerprint density at radius 1 is 0.480 bits per heavy atom. The van der Waals surface area contributed by atoms with Crippen LogP contribution in [-0.4, -0.2) is 387 Å². The number of pyridine rings is 1. The molecule has 9 aliphatic rings. The number of benzene rings is 5. The summed E-state index contributed by atoms with van der Waals surface area (Å²) in [5, 5.41) is 18.9. The molecule has 4 saturated heterocycles. The number of nitrogens with zero attached hydrogens (tertiary/aromatic N) is 12. The van der Waals surface area contributed by atoms with Crippen LogP contribution in [0.25, 0.3) is 0 Å². The van der Waals surface area contributed by atoms with Gasteiger partial charge < -0.3 is 47.7 Å². The molecule has 810 valence electrons. The number of hydrogen-bond acceptors (Lipinski definition) is 34. The monoisotopic (exact) mass is 2230 g/mol. The van der Waals surface area contributed by atoms with Gasteiger partial charge >= 0.3 is 30.5 Å². The van der Waals surface area contributed by atoms with Gasteiger partial charge in [0.05, 0.1) is 152 Å². The van der Waals surface area contributed by atoms with Gasteiger partial charge in [0.2, 0.25) is 52.5 Å². The van der Waals surface area contributed by atoms with Crippen LogP contribution in [0, 0.1) is 5.92 Å². The van der Waals surface area contributed by atoms with Gasteiger partial charge in [-0.3, -0.25) is 120 Å². The number of fused-ring (bicyclic) bond motifs is 4. The van der Waals surface area contributed by atoms with Crippen LogP contribution in [0.4, 0.5) is 31.5 Å². The van der Waals surface area contributed by atoms with Crippen LogP contribution < -0.4 is 31.8 Å². The maximum Gasteiger partial charge on any atom is 0.387 e. The minimum absolute atomic E-state index is 0. The highest BCUT2D eigenvalue weighted by Crippen LogP contribution is 2.42. The summed E-state index contributed by atoms with van der Waals surface area (Å²) in [6.45, 7) is 17.9. The number of sulfonamides is 4. The molecule has 44 nitrogen and oxygen atoms in total. The van der Waals surface area contributed by atoms with E-state index in [0.717, 1.165) is 112 Å². The number of hydrogen-bond donors (Lipinski definition) is 3. The predicted molar refractivity (Wildman–Crippen MR) is 536 cm³/mol. The first-order chi connectivity index (χ1) is 69.1. The van der Waals surface area contributed by atoms with Crippen molar-refractivity contribution in [2.45, 2.75) is 84.7 Å². The average molecular weight is 2230 g/mol. The number of aromatic nitrogens is 1. The molecule has 8 amide bonds. The summed E-state index contributed by atoms with van der Waals surface area (Å²) in [6, 6.07) is 21.3. The van der Waals surface area contributed by atoms with E-state index in [1.54, 1.807) is 41.5 Å². The lowest BCUT2D eigenvalue weighted by molar-refractivity contribution is -0.904. The highest BCUT2D eigenvalue weighted by molar-refractivity contribution is 7.92. The first kappa shape index (κ1) is 119. The van der Waals surface area contributed by atoms with E-state index in [9.17, 15) is 105 Å². The van der Waals surface area contributed by atoms with Gasteiger partial charge in [0.15, 0.2) is 11.5 Å². The van der Waals surface area contributed by atoms with E-state index >= 15 is 0 Å². The molecule has 6 aromatic rings. The van der Waals surface area contributed by atoms with Gasteiger partial charge in [-0.2, -0.15) is 8.78 Å². The van der Waals surface area contributed by atoms with Gasteiger partial charge in [0.1, 0.15) is 53.5 Å². The summed E-state index contributed by atoms with van der Waals surface area (Å²) in [7, 11) is -15.0. The molecule has 3 N–H and O–H groups in total. The van der Waals surface area contributed by atoms with Crippen molar-refractivity contribution in [2.75, 3.05) is 232 Å². The number of carbonyl (C=O) groups is 12. The van der Waals surface area contributed by atoms with E-state index in [1.165, 1.54) is 91.0 Å². The Morgan fingerprint density at radius 2 is 0.818 bits per heavy atom. The Bertz CT molecular complexity index is 6400. The van der Waals surface area contributed by atoms with Crippen molar-refractivity contribution in [3.05, 3.63) is 169 Å².